The normalized spacial score (nSPS) is 22.9. The van der Waals surface area contributed by atoms with Crippen LogP contribution in [0.2, 0.25) is 0 Å². The average molecular weight is 281 g/mol. The summed E-state index contributed by atoms with van der Waals surface area (Å²) in [6.07, 6.45) is 2.76. The van der Waals surface area contributed by atoms with E-state index < -0.39 is 0 Å². The van der Waals surface area contributed by atoms with Crippen molar-refractivity contribution in [2.45, 2.75) is 32.0 Å². The van der Waals surface area contributed by atoms with Gasteiger partial charge in [-0.3, -0.25) is 0 Å². The molecule has 3 heteroatoms. The molecular weight excluding hydrogens is 262 g/mol. The minimum absolute atomic E-state index is 0.274. The van der Waals surface area contributed by atoms with Crippen molar-refractivity contribution < 1.29 is 20.6 Å². The van der Waals surface area contributed by atoms with Crippen LogP contribution in [0.5, 0.6) is 0 Å². The van der Waals surface area contributed by atoms with Crippen LogP contribution in [0, 0.1) is 0 Å². The summed E-state index contributed by atoms with van der Waals surface area (Å²) in [6.45, 7) is 8.75. The summed E-state index contributed by atoms with van der Waals surface area (Å²) in [6, 6.07) is 10.8. The van der Waals surface area contributed by atoms with Crippen LogP contribution in [0.15, 0.2) is 43.0 Å². The van der Waals surface area contributed by atoms with Crippen LogP contribution in [0.25, 0.3) is 0 Å². The van der Waals surface area contributed by atoms with Gasteiger partial charge in [0.2, 0.25) is 0 Å². The van der Waals surface area contributed by atoms with Gasteiger partial charge in [-0.05, 0) is 0 Å². The Labute approximate surface area is 117 Å². The quantitative estimate of drug-likeness (QED) is 0.787. The molecule has 0 N–H and O–H groups in total. The Morgan fingerprint density at radius 2 is 2.17 bits per heavy atom. The van der Waals surface area contributed by atoms with Crippen molar-refractivity contribution in [2.24, 2.45) is 0 Å². The summed E-state index contributed by atoms with van der Waals surface area (Å²) >= 11 is 3.17. The van der Waals surface area contributed by atoms with Crippen molar-refractivity contribution in [3.05, 3.63) is 48.6 Å². The van der Waals surface area contributed by atoms with Gasteiger partial charge in [-0.25, -0.2) is 0 Å². The van der Waals surface area contributed by atoms with Crippen LogP contribution in [-0.2, 0) is 20.6 Å². The van der Waals surface area contributed by atoms with Crippen molar-refractivity contribution in [1.29, 1.82) is 0 Å². The molecule has 1 fully saturated rings. The zero-order valence-electron chi connectivity index (χ0n) is 10.9. The predicted molar refractivity (Wildman–Crippen MR) is 70.9 cm³/mol. The molecule has 0 amide bonds. The molecule has 2 nitrogen and oxygen atoms in total. The van der Waals surface area contributed by atoms with Crippen molar-refractivity contribution in [3.63, 3.8) is 0 Å². The number of hydrogen-bond acceptors (Lipinski definition) is 2. The maximum atomic E-state index is 5.94. The summed E-state index contributed by atoms with van der Waals surface area (Å²) in [5.41, 5.74) is 1.02. The van der Waals surface area contributed by atoms with Crippen molar-refractivity contribution in [1.82, 2.24) is 4.90 Å². The Kier molecular flexibility index (Phi) is 4.19. The van der Waals surface area contributed by atoms with Crippen molar-refractivity contribution in [2.75, 3.05) is 6.61 Å². The molecule has 1 aromatic rings. The van der Waals surface area contributed by atoms with E-state index in [0.717, 1.165) is 13.0 Å². The molecule has 0 unspecified atom stereocenters. The van der Waals surface area contributed by atoms with Gasteiger partial charge in [0.15, 0.2) is 0 Å². The third-order valence-corrected chi connectivity index (χ3v) is 3.83. The summed E-state index contributed by atoms with van der Waals surface area (Å²) in [4.78, 5) is 2.32. The summed E-state index contributed by atoms with van der Waals surface area (Å²) in [5, 5.41) is 0. The Hall–Kier alpha value is -0.718. The molecule has 2 rings (SSSR count). The standard InChI is InChI=1S/C15H19NO.Cr/c1-4-5-11-16-14(12-17-15(16,2)3)13-9-7-6-8-10-13;/h4,6-10,14H,1,5,12H2,2-3H3;/t14-;/m1./s1. The molecule has 1 heterocycles. The van der Waals surface area contributed by atoms with Gasteiger partial charge in [-0.15, -0.1) is 0 Å². The zero-order chi connectivity index (χ0) is 13.2. The van der Waals surface area contributed by atoms with Crippen LogP contribution >= 0.6 is 0 Å². The van der Waals surface area contributed by atoms with E-state index in [1.165, 1.54) is 10.1 Å². The van der Waals surface area contributed by atoms with Crippen LogP contribution in [0.1, 0.15) is 31.9 Å². The molecule has 96 valence electrons. The van der Waals surface area contributed by atoms with Gasteiger partial charge in [-0.2, -0.15) is 0 Å². The molecule has 1 aromatic carbocycles. The van der Waals surface area contributed by atoms with Crippen molar-refractivity contribution in [3.8, 4) is 0 Å². The third-order valence-electron chi connectivity index (χ3n) is 3.26. The first-order valence-electron chi connectivity index (χ1n) is 6.18. The Bertz CT molecular complexity index is 441. The molecule has 1 atom stereocenters. The second-order valence-electron chi connectivity index (χ2n) is 4.94. The van der Waals surface area contributed by atoms with Gasteiger partial charge in [0.25, 0.3) is 0 Å². The summed E-state index contributed by atoms with van der Waals surface area (Å²) in [7, 11) is 0. The molecule has 1 aliphatic rings. The third kappa shape index (κ3) is 2.65. The topological polar surface area (TPSA) is 12.5 Å². The monoisotopic (exact) mass is 281 g/mol. The molecule has 1 aliphatic heterocycles. The van der Waals surface area contributed by atoms with Gasteiger partial charge in [-0.1, -0.05) is 0 Å². The molecule has 0 radical (unpaired) electrons. The SMILES string of the molecule is C=CC[C](=[Cr])N1[C@@H](c2ccccc2)COC1(C)C. The first-order valence-corrected chi connectivity index (χ1v) is 6.82. The number of hydrogen-bond donors (Lipinski definition) is 0. The van der Waals surface area contributed by atoms with Crippen molar-refractivity contribution >= 4 is 4.50 Å². The fraction of sp³-hybridized carbons (Fsp3) is 0.400. The predicted octanol–water partition coefficient (Wildman–Crippen LogP) is 3.05. The van der Waals surface area contributed by atoms with Gasteiger partial charge in [0, 0.05) is 0 Å². The molecular formula is C15H19CrNO. The maximum absolute atomic E-state index is 5.94. The first kappa shape index (κ1) is 13.7. The molecule has 1 saturated heterocycles. The number of benzene rings is 1. The van der Waals surface area contributed by atoms with E-state index in [0.29, 0.717) is 0 Å². The van der Waals surface area contributed by atoms with E-state index in [4.69, 9.17) is 4.74 Å². The fourth-order valence-electron chi connectivity index (χ4n) is 2.42. The van der Waals surface area contributed by atoms with E-state index in [2.05, 4.69) is 65.4 Å². The molecule has 0 aromatic heterocycles. The Balaban J connectivity index is 2.30. The zero-order valence-corrected chi connectivity index (χ0v) is 12.2. The van der Waals surface area contributed by atoms with Crippen LogP contribution in [0.4, 0.5) is 0 Å². The van der Waals surface area contributed by atoms with E-state index >= 15 is 0 Å². The van der Waals surface area contributed by atoms with Crippen LogP contribution < -0.4 is 0 Å². The summed E-state index contributed by atoms with van der Waals surface area (Å²) in [5.74, 6) is 0. The number of ether oxygens (including phenoxy) is 1. The van der Waals surface area contributed by atoms with E-state index in [1.807, 2.05) is 12.1 Å². The molecule has 0 spiro atoms. The van der Waals surface area contributed by atoms with Crippen LogP contribution in [0.3, 0.4) is 0 Å². The molecule has 0 aliphatic carbocycles. The fourth-order valence-corrected chi connectivity index (χ4v) is 3.14. The van der Waals surface area contributed by atoms with E-state index in [1.54, 1.807) is 0 Å². The molecule has 0 saturated carbocycles. The summed E-state index contributed by atoms with van der Waals surface area (Å²) < 4.78 is 7.12. The molecule has 0 bridgehead atoms. The Morgan fingerprint density at radius 3 is 2.78 bits per heavy atom. The van der Waals surface area contributed by atoms with E-state index in [9.17, 15) is 0 Å². The Morgan fingerprint density at radius 1 is 1.50 bits per heavy atom. The van der Waals surface area contributed by atoms with Gasteiger partial charge >= 0.3 is 117 Å². The number of nitrogens with zero attached hydrogens (tertiary/aromatic N) is 1. The van der Waals surface area contributed by atoms with Crippen LogP contribution in [-0.4, -0.2) is 21.7 Å². The average Bonchev–Trinajstić information content (AvgIpc) is 2.66. The van der Waals surface area contributed by atoms with E-state index in [-0.39, 0.29) is 11.8 Å². The molecule has 18 heavy (non-hydrogen) atoms. The second kappa shape index (κ2) is 5.51. The minimum atomic E-state index is -0.274. The van der Waals surface area contributed by atoms with Gasteiger partial charge < -0.3 is 0 Å². The second-order valence-corrected chi connectivity index (χ2v) is 5.68. The number of rotatable bonds is 4. The van der Waals surface area contributed by atoms with Gasteiger partial charge in [0.05, 0.1) is 0 Å². The first-order chi connectivity index (χ1) is 8.56. The van der Waals surface area contributed by atoms with Gasteiger partial charge in [0.1, 0.15) is 0 Å².